The molecule has 0 spiro atoms. The van der Waals surface area contributed by atoms with Crippen molar-refractivity contribution >= 4 is 40.1 Å². The number of benzene rings is 1. The molecule has 0 bridgehead atoms. The Labute approximate surface area is 137 Å². The summed E-state index contributed by atoms with van der Waals surface area (Å²) in [6.45, 7) is 3.76. The summed E-state index contributed by atoms with van der Waals surface area (Å²) in [4.78, 5) is 16.4. The Morgan fingerprint density at radius 3 is 2.68 bits per heavy atom. The number of esters is 1. The van der Waals surface area contributed by atoms with Crippen molar-refractivity contribution in [1.82, 2.24) is 4.98 Å². The number of ether oxygens (including phenoxy) is 3. The Balaban J connectivity index is 2.24. The summed E-state index contributed by atoms with van der Waals surface area (Å²) in [6.07, 6.45) is -0.369. The van der Waals surface area contributed by atoms with Crippen LogP contribution in [0.3, 0.4) is 0 Å². The molecule has 0 saturated heterocycles. The summed E-state index contributed by atoms with van der Waals surface area (Å²) in [6, 6.07) is 3.49. The lowest BCUT2D eigenvalue weighted by Gasteiger charge is -2.12. The van der Waals surface area contributed by atoms with Gasteiger partial charge in [0.2, 0.25) is 6.29 Å². The maximum Gasteiger partial charge on any atom is 0.341 e. The van der Waals surface area contributed by atoms with Crippen molar-refractivity contribution in [1.29, 1.82) is 0 Å². The van der Waals surface area contributed by atoms with Crippen LogP contribution in [-0.2, 0) is 10.6 Å². The number of nitrogens with zero attached hydrogens (tertiary/aromatic N) is 1. The topological polar surface area (TPSA) is 57.7 Å². The summed E-state index contributed by atoms with van der Waals surface area (Å²) in [7, 11) is 0. The molecule has 1 aliphatic rings. The molecule has 7 heteroatoms. The van der Waals surface area contributed by atoms with Crippen molar-refractivity contribution in [3.05, 3.63) is 28.4 Å². The van der Waals surface area contributed by atoms with Crippen LogP contribution in [0.2, 0.25) is 5.15 Å². The summed E-state index contributed by atoms with van der Waals surface area (Å²) in [5.74, 6) is 0.740. The van der Waals surface area contributed by atoms with Crippen LogP contribution in [0.4, 0.5) is 0 Å². The van der Waals surface area contributed by atoms with Crippen molar-refractivity contribution < 1.29 is 19.0 Å². The lowest BCUT2D eigenvalue weighted by molar-refractivity contribution is 0.0525. The zero-order valence-electron chi connectivity index (χ0n) is 12.0. The highest BCUT2D eigenvalue weighted by Gasteiger charge is 2.25. The van der Waals surface area contributed by atoms with Gasteiger partial charge in [0.1, 0.15) is 10.7 Å². The second kappa shape index (κ2) is 5.82. The van der Waals surface area contributed by atoms with Gasteiger partial charge >= 0.3 is 5.97 Å². The van der Waals surface area contributed by atoms with E-state index >= 15 is 0 Å². The molecule has 3 rings (SSSR count). The highest BCUT2D eigenvalue weighted by Crippen LogP contribution is 2.40. The maximum absolute atomic E-state index is 12.1. The molecular weight excluding hydrogens is 329 g/mol. The minimum atomic E-state index is -0.538. The zero-order valence-corrected chi connectivity index (χ0v) is 13.5. The molecule has 1 aliphatic heterocycles. The van der Waals surface area contributed by atoms with Gasteiger partial charge < -0.3 is 14.2 Å². The highest BCUT2D eigenvalue weighted by atomic mass is 35.5. The molecule has 0 N–H and O–H groups in total. The number of alkyl halides is 1. The van der Waals surface area contributed by atoms with Crippen LogP contribution in [0.5, 0.6) is 11.5 Å². The van der Waals surface area contributed by atoms with E-state index in [-0.39, 0.29) is 29.5 Å². The van der Waals surface area contributed by atoms with E-state index in [9.17, 15) is 4.79 Å². The van der Waals surface area contributed by atoms with Gasteiger partial charge in [-0.25, -0.2) is 9.78 Å². The fraction of sp³-hybridized carbons (Fsp3) is 0.333. The standard InChI is InChI=1S/C15H13Cl2NO4/c1-3-20-15(19)13-9(6-16)8-4-11-12(22-7(2)21-11)5-10(8)18-14(13)17/h4-5,7H,3,6H2,1-2H3. The lowest BCUT2D eigenvalue weighted by Crippen LogP contribution is -2.11. The molecule has 5 nitrogen and oxygen atoms in total. The van der Waals surface area contributed by atoms with Gasteiger partial charge in [0.15, 0.2) is 11.5 Å². The van der Waals surface area contributed by atoms with Crippen LogP contribution in [0.1, 0.15) is 29.8 Å². The molecule has 116 valence electrons. The molecule has 0 radical (unpaired) electrons. The number of carbonyl (C=O) groups is 1. The largest absolute Gasteiger partial charge is 0.462 e. The molecule has 1 aromatic carbocycles. The number of aromatic nitrogens is 1. The number of halogens is 2. The van der Waals surface area contributed by atoms with Crippen LogP contribution >= 0.6 is 23.2 Å². The number of hydrogen-bond donors (Lipinski definition) is 0. The lowest BCUT2D eigenvalue weighted by atomic mass is 10.0. The third-order valence-electron chi connectivity index (χ3n) is 3.31. The SMILES string of the molecule is CCOC(=O)c1c(Cl)nc2cc3c(cc2c1CCl)OC(C)O3. The van der Waals surface area contributed by atoms with Gasteiger partial charge in [-0.15, -0.1) is 11.6 Å². The van der Waals surface area contributed by atoms with Gasteiger partial charge in [0.25, 0.3) is 0 Å². The predicted molar refractivity (Wildman–Crippen MR) is 83.0 cm³/mol. The molecule has 22 heavy (non-hydrogen) atoms. The molecule has 0 saturated carbocycles. The van der Waals surface area contributed by atoms with E-state index in [0.29, 0.717) is 28.0 Å². The number of rotatable bonds is 3. The second-order valence-corrected chi connectivity index (χ2v) is 5.35. The maximum atomic E-state index is 12.1. The van der Waals surface area contributed by atoms with Crippen LogP contribution in [0, 0.1) is 0 Å². The molecule has 0 fully saturated rings. The van der Waals surface area contributed by atoms with Gasteiger partial charge in [-0.2, -0.15) is 0 Å². The third kappa shape index (κ3) is 2.44. The molecule has 2 aromatic rings. The van der Waals surface area contributed by atoms with E-state index in [1.54, 1.807) is 26.0 Å². The van der Waals surface area contributed by atoms with Gasteiger partial charge in [0, 0.05) is 24.3 Å². The molecule has 0 aliphatic carbocycles. The Morgan fingerprint density at radius 1 is 1.36 bits per heavy atom. The Morgan fingerprint density at radius 2 is 2.05 bits per heavy atom. The Bertz CT molecular complexity index is 763. The smallest absolute Gasteiger partial charge is 0.341 e. The van der Waals surface area contributed by atoms with Crippen LogP contribution < -0.4 is 9.47 Å². The normalized spacial score (nSPS) is 16.1. The zero-order chi connectivity index (χ0) is 15.9. The number of fused-ring (bicyclic) bond motifs is 2. The highest BCUT2D eigenvalue weighted by molar-refractivity contribution is 6.33. The first-order valence-electron chi connectivity index (χ1n) is 6.77. The van der Waals surface area contributed by atoms with E-state index in [0.717, 1.165) is 0 Å². The first-order chi connectivity index (χ1) is 10.5. The van der Waals surface area contributed by atoms with Crippen molar-refractivity contribution in [3.63, 3.8) is 0 Å². The molecule has 0 amide bonds. The van der Waals surface area contributed by atoms with Gasteiger partial charge in [0.05, 0.1) is 12.1 Å². The van der Waals surface area contributed by atoms with Crippen LogP contribution in [0.15, 0.2) is 12.1 Å². The fourth-order valence-electron chi connectivity index (χ4n) is 2.42. The average molecular weight is 342 g/mol. The van der Waals surface area contributed by atoms with E-state index in [4.69, 9.17) is 37.4 Å². The fourth-order valence-corrected chi connectivity index (χ4v) is 2.98. The average Bonchev–Trinajstić information content (AvgIpc) is 2.82. The summed E-state index contributed by atoms with van der Waals surface area (Å²) < 4.78 is 16.1. The molecule has 1 atom stereocenters. The minimum Gasteiger partial charge on any atom is -0.462 e. The number of pyridine rings is 1. The molecule has 2 heterocycles. The van der Waals surface area contributed by atoms with Crippen molar-refractivity contribution in [2.24, 2.45) is 0 Å². The van der Waals surface area contributed by atoms with E-state index in [1.807, 2.05) is 0 Å². The van der Waals surface area contributed by atoms with E-state index in [2.05, 4.69) is 4.98 Å². The van der Waals surface area contributed by atoms with Crippen LogP contribution in [0.25, 0.3) is 10.9 Å². The first-order valence-corrected chi connectivity index (χ1v) is 7.69. The molecular formula is C15H13Cl2NO4. The van der Waals surface area contributed by atoms with Gasteiger partial charge in [-0.3, -0.25) is 0 Å². The summed E-state index contributed by atoms with van der Waals surface area (Å²) in [5, 5.41) is 0.757. The van der Waals surface area contributed by atoms with Gasteiger partial charge in [-0.1, -0.05) is 11.6 Å². The molecule has 1 aromatic heterocycles. The van der Waals surface area contributed by atoms with Gasteiger partial charge in [-0.05, 0) is 18.6 Å². The third-order valence-corrected chi connectivity index (χ3v) is 3.85. The van der Waals surface area contributed by atoms with Crippen molar-refractivity contribution in [3.8, 4) is 11.5 Å². The van der Waals surface area contributed by atoms with E-state index in [1.165, 1.54) is 0 Å². The first kappa shape index (κ1) is 15.2. The second-order valence-electron chi connectivity index (χ2n) is 4.73. The number of carbonyl (C=O) groups excluding carboxylic acids is 1. The summed E-state index contributed by atoms with van der Waals surface area (Å²) in [5.41, 5.74) is 1.35. The monoisotopic (exact) mass is 341 g/mol. The minimum absolute atomic E-state index is 0.0634. The van der Waals surface area contributed by atoms with Crippen molar-refractivity contribution in [2.75, 3.05) is 6.61 Å². The predicted octanol–water partition coefficient (Wildman–Crippen LogP) is 3.92. The molecule has 1 unspecified atom stereocenters. The van der Waals surface area contributed by atoms with Crippen LogP contribution in [-0.4, -0.2) is 23.9 Å². The summed E-state index contributed by atoms with van der Waals surface area (Å²) >= 11 is 12.2. The Kier molecular flexibility index (Phi) is 4.02. The number of hydrogen-bond acceptors (Lipinski definition) is 5. The Hall–Kier alpha value is -1.72. The van der Waals surface area contributed by atoms with Crippen molar-refractivity contribution in [2.45, 2.75) is 26.0 Å². The quantitative estimate of drug-likeness (QED) is 0.481. The van der Waals surface area contributed by atoms with E-state index < -0.39 is 5.97 Å².